The molecule has 1 aliphatic rings. The van der Waals surface area contributed by atoms with E-state index in [0.29, 0.717) is 12.5 Å². The van der Waals surface area contributed by atoms with Crippen LogP contribution in [-0.4, -0.2) is 15.6 Å². The van der Waals surface area contributed by atoms with E-state index in [0.717, 1.165) is 3.92 Å². The third-order valence-corrected chi connectivity index (χ3v) is 2.60. The van der Waals surface area contributed by atoms with Gasteiger partial charge < -0.3 is 5.11 Å². The fraction of sp³-hybridized carbons (Fsp3) is 1.00. The summed E-state index contributed by atoms with van der Waals surface area (Å²) in [5.74, 6) is 0.644. The topological polar surface area (TPSA) is 20.2 Å². The average Bonchev–Trinajstić information content (AvgIpc) is 2.19. The van der Waals surface area contributed by atoms with Crippen LogP contribution in [0.4, 0.5) is 0 Å². The molecule has 0 bridgehead atoms. The van der Waals surface area contributed by atoms with Crippen molar-refractivity contribution in [1.29, 1.82) is 0 Å². The van der Waals surface area contributed by atoms with Crippen LogP contribution >= 0.6 is 22.6 Å². The molecule has 2 atom stereocenters. The summed E-state index contributed by atoms with van der Waals surface area (Å²) in [4.78, 5) is 0. The normalized spacial score (nSPS) is 43.0. The van der Waals surface area contributed by atoms with Crippen molar-refractivity contribution in [3.8, 4) is 0 Å². The highest BCUT2D eigenvalue weighted by molar-refractivity contribution is 14.1. The summed E-state index contributed by atoms with van der Waals surface area (Å²) in [7, 11) is 0. The summed E-state index contributed by atoms with van der Waals surface area (Å²) in [5.41, 5.74) is 0. The molecule has 1 rings (SSSR count). The standard InChI is InChI=1S/C4H7IO/c5-4-1-3(4)2-6/h3-4,6H,1-2H2/t3-,4+/m1/s1. The van der Waals surface area contributed by atoms with Gasteiger partial charge in [-0.1, -0.05) is 22.6 Å². The highest BCUT2D eigenvalue weighted by Crippen LogP contribution is 2.37. The van der Waals surface area contributed by atoms with Crippen molar-refractivity contribution in [3.63, 3.8) is 0 Å². The number of hydrogen-bond donors (Lipinski definition) is 1. The smallest absolute Gasteiger partial charge is 0.0469 e. The molecule has 0 aliphatic heterocycles. The minimum atomic E-state index is 0.396. The molecule has 0 amide bonds. The molecule has 0 spiro atoms. The van der Waals surface area contributed by atoms with Crippen molar-refractivity contribution >= 4 is 22.6 Å². The lowest BCUT2D eigenvalue weighted by atomic mass is 10.5. The van der Waals surface area contributed by atoms with Crippen LogP contribution in [0.25, 0.3) is 0 Å². The van der Waals surface area contributed by atoms with Crippen LogP contribution in [0.1, 0.15) is 6.42 Å². The lowest BCUT2D eigenvalue weighted by molar-refractivity contribution is 0.278. The highest BCUT2D eigenvalue weighted by Gasteiger charge is 2.33. The van der Waals surface area contributed by atoms with Crippen LogP contribution < -0.4 is 0 Å². The van der Waals surface area contributed by atoms with Crippen LogP contribution in [0.5, 0.6) is 0 Å². The van der Waals surface area contributed by atoms with Crippen molar-refractivity contribution < 1.29 is 5.11 Å². The Hall–Kier alpha value is 0.690. The van der Waals surface area contributed by atoms with Crippen molar-refractivity contribution in [1.82, 2.24) is 0 Å². The molecule has 0 unspecified atom stereocenters. The molecule has 6 heavy (non-hydrogen) atoms. The van der Waals surface area contributed by atoms with E-state index in [2.05, 4.69) is 22.6 Å². The molecule has 1 N–H and O–H groups in total. The predicted molar refractivity (Wildman–Crippen MR) is 33.0 cm³/mol. The SMILES string of the molecule is OC[C@H]1C[C@@H]1I. The molecule has 36 valence electrons. The lowest BCUT2D eigenvalue weighted by Crippen LogP contribution is -1.84. The third kappa shape index (κ3) is 0.846. The first-order valence-corrected chi connectivity index (χ1v) is 3.34. The van der Waals surface area contributed by atoms with E-state index in [4.69, 9.17) is 5.11 Å². The van der Waals surface area contributed by atoms with E-state index >= 15 is 0 Å². The van der Waals surface area contributed by atoms with Gasteiger partial charge in [0.25, 0.3) is 0 Å². The number of alkyl halides is 1. The Bertz CT molecular complexity index is 53.5. The molecular formula is C4H7IO. The first kappa shape index (κ1) is 4.84. The molecule has 1 saturated carbocycles. The highest BCUT2D eigenvalue weighted by atomic mass is 127. The first-order valence-electron chi connectivity index (χ1n) is 2.09. The van der Waals surface area contributed by atoms with Gasteiger partial charge in [-0.3, -0.25) is 0 Å². The molecular weight excluding hydrogens is 191 g/mol. The average molecular weight is 198 g/mol. The summed E-state index contributed by atoms with van der Waals surface area (Å²) in [5, 5.41) is 8.37. The molecule has 0 aromatic heterocycles. The predicted octanol–water partition coefficient (Wildman–Crippen LogP) is 0.802. The van der Waals surface area contributed by atoms with Gasteiger partial charge in [0, 0.05) is 10.5 Å². The minimum Gasteiger partial charge on any atom is -0.396 e. The Morgan fingerprint density at radius 1 is 1.83 bits per heavy atom. The number of halogens is 1. The van der Waals surface area contributed by atoms with Crippen molar-refractivity contribution in [2.75, 3.05) is 6.61 Å². The Kier molecular flexibility index (Phi) is 1.34. The summed E-state index contributed by atoms with van der Waals surface area (Å²) in [6.07, 6.45) is 1.23. The Balaban J connectivity index is 2.09. The van der Waals surface area contributed by atoms with Gasteiger partial charge >= 0.3 is 0 Å². The van der Waals surface area contributed by atoms with Crippen LogP contribution in [0.15, 0.2) is 0 Å². The third-order valence-electron chi connectivity index (χ3n) is 1.07. The molecule has 0 radical (unpaired) electrons. The molecule has 1 nitrogen and oxygen atoms in total. The van der Waals surface area contributed by atoms with Gasteiger partial charge in [-0.05, 0) is 12.3 Å². The molecule has 0 saturated heterocycles. The van der Waals surface area contributed by atoms with Gasteiger partial charge in [0.05, 0.1) is 0 Å². The zero-order valence-electron chi connectivity index (χ0n) is 3.39. The first-order chi connectivity index (χ1) is 2.84. The zero-order chi connectivity index (χ0) is 4.57. The molecule has 0 aromatic carbocycles. The summed E-state index contributed by atoms with van der Waals surface area (Å²) in [6, 6.07) is 0. The van der Waals surface area contributed by atoms with Crippen LogP contribution in [-0.2, 0) is 0 Å². The second-order valence-electron chi connectivity index (χ2n) is 1.69. The quantitative estimate of drug-likeness (QED) is 0.488. The fourth-order valence-electron chi connectivity index (χ4n) is 0.400. The minimum absolute atomic E-state index is 0.396. The summed E-state index contributed by atoms with van der Waals surface area (Å²) >= 11 is 2.36. The Morgan fingerprint density at radius 3 is 2.33 bits per heavy atom. The second-order valence-corrected chi connectivity index (χ2v) is 3.29. The molecule has 2 heteroatoms. The maximum absolute atomic E-state index is 8.37. The Labute approximate surface area is 50.9 Å². The van der Waals surface area contributed by atoms with Crippen LogP contribution in [0.2, 0.25) is 0 Å². The van der Waals surface area contributed by atoms with Gasteiger partial charge in [-0.15, -0.1) is 0 Å². The Morgan fingerprint density at radius 2 is 2.33 bits per heavy atom. The lowest BCUT2D eigenvalue weighted by Gasteiger charge is -1.78. The van der Waals surface area contributed by atoms with Crippen molar-refractivity contribution in [3.05, 3.63) is 0 Å². The van der Waals surface area contributed by atoms with Gasteiger partial charge in [0.15, 0.2) is 0 Å². The van der Waals surface area contributed by atoms with Crippen LogP contribution in [0.3, 0.4) is 0 Å². The fourth-order valence-corrected chi connectivity index (χ4v) is 1.28. The molecule has 0 aromatic rings. The summed E-state index contributed by atoms with van der Waals surface area (Å²) < 4.78 is 0.785. The van der Waals surface area contributed by atoms with Gasteiger partial charge in [0.1, 0.15) is 0 Å². The van der Waals surface area contributed by atoms with Gasteiger partial charge in [0.2, 0.25) is 0 Å². The number of hydrogen-bond acceptors (Lipinski definition) is 1. The zero-order valence-corrected chi connectivity index (χ0v) is 5.55. The largest absolute Gasteiger partial charge is 0.396 e. The number of rotatable bonds is 1. The van der Waals surface area contributed by atoms with Crippen LogP contribution in [0, 0.1) is 5.92 Å². The summed E-state index contributed by atoms with van der Waals surface area (Å²) in [6.45, 7) is 0.396. The molecule has 1 fully saturated rings. The number of aliphatic hydroxyl groups is 1. The van der Waals surface area contributed by atoms with E-state index in [1.165, 1.54) is 6.42 Å². The van der Waals surface area contributed by atoms with E-state index in [-0.39, 0.29) is 0 Å². The maximum atomic E-state index is 8.37. The van der Waals surface area contributed by atoms with E-state index in [1.54, 1.807) is 0 Å². The van der Waals surface area contributed by atoms with Crippen molar-refractivity contribution in [2.45, 2.75) is 10.3 Å². The number of aliphatic hydroxyl groups excluding tert-OH is 1. The molecule has 1 aliphatic carbocycles. The van der Waals surface area contributed by atoms with E-state index in [1.807, 2.05) is 0 Å². The van der Waals surface area contributed by atoms with E-state index in [9.17, 15) is 0 Å². The maximum Gasteiger partial charge on any atom is 0.0469 e. The van der Waals surface area contributed by atoms with Gasteiger partial charge in [-0.25, -0.2) is 0 Å². The second kappa shape index (κ2) is 1.66. The van der Waals surface area contributed by atoms with Gasteiger partial charge in [-0.2, -0.15) is 0 Å². The monoisotopic (exact) mass is 198 g/mol. The van der Waals surface area contributed by atoms with Crippen molar-refractivity contribution in [2.24, 2.45) is 5.92 Å². The van der Waals surface area contributed by atoms with E-state index < -0.39 is 0 Å². The molecule has 0 heterocycles.